The summed E-state index contributed by atoms with van der Waals surface area (Å²) in [5.41, 5.74) is -0.508. The number of carbonyl (C=O) groups is 1. The molecule has 106 valence electrons. The molecule has 0 bridgehead atoms. The van der Waals surface area contributed by atoms with E-state index in [1.807, 2.05) is 0 Å². The lowest BCUT2D eigenvalue weighted by molar-refractivity contribution is 0.0683. The molecule has 0 radical (unpaired) electrons. The molecule has 20 heavy (non-hydrogen) atoms. The number of halogens is 3. The zero-order chi connectivity index (χ0) is 14.9. The predicted octanol–water partition coefficient (Wildman–Crippen LogP) is 2.34. The number of aryl methyl sites for hydroxylation is 1. The minimum absolute atomic E-state index is 0.119. The van der Waals surface area contributed by atoms with Crippen molar-refractivity contribution in [1.29, 1.82) is 0 Å². The van der Waals surface area contributed by atoms with Gasteiger partial charge in [-0.3, -0.25) is 0 Å². The molecule has 5 nitrogen and oxygen atoms in total. The molecule has 0 unspecified atom stereocenters. The first-order chi connectivity index (χ1) is 9.43. The lowest BCUT2D eigenvalue weighted by atomic mass is 10.2. The van der Waals surface area contributed by atoms with Gasteiger partial charge in [0, 0.05) is 18.6 Å². The van der Waals surface area contributed by atoms with Crippen molar-refractivity contribution in [3.63, 3.8) is 0 Å². The summed E-state index contributed by atoms with van der Waals surface area (Å²) in [5, 5.41) is 12.4. The minimum atomic E-state index is -1.40. The summed E-state index contributed by atoms with van der Waals surface area (Å²) in [6, 6.07) is 1.13. The number of hydrogen-bond donors (Lipinski definition) is 1. The Bertz CT molecular complexity index is 670. The maximum absolute atomic E-state index is 13.7. The number of hydrogen-bond acceptors (Lipinski definition) is 3. The molecule has 2 aromatic rings. The van der Waals surface area contributed by atoms with Crippen LogP contribution in [0.2, 0.25) is 0 Å². The predicted molar refractivity (Wildman–Crippen MR) is 62.2 cm³/mol. The van der Waals surface area contributed by atoms with E-state index in [0.717, 1.165) is 10.7 Å². The molecule has 0 saturated carbocycles. The average molecular weight is 285 g/mol. The van der Waals surface area contributed by atoms with Gasteiger partial charge in [0.15, 0.2) is 11.6 Å². The molecule has 1 aromatic heterocycles. The first-order valence-electron chi connectivity index (χ1n) is 5.78. The lowest BCUT2D eigenvalue weighted by Gasteiger charge is -2.07. The fourth-order valence-electron chi connectivity index (χ4n) is 1.71. The van der Waals surface area contributed by atoms with Crippen LogP contribution in [0.25, 0.3) is 5.69 Å². The highest BCUT2D eigenvalue weighted by molar-refractivity contribution is 5.83. The van der Waals surface area contributed by atoms with E-state index in [1.54, 1.807) is 6.92 Å². The molecule has 0 saturated heterocycles. The second kappa shape index (κ2) is 5.32. The molecule has 0 fully saturated rings. The molecule has 8 heteroatoms. The summed E-state index contributed by atoms with van der Waals surface area (Å²) in [6.07, 6.45) is 0.870. The van der Waals surface area contributed by atoms with Crippen LogP contribution >= 0.6 is 0 Å². The van der Waals surface area contributed by atoms with Gasteiger partial charge < -0.3 is 5.11 Å². The standard InChI is InChI=1S/C12H10F3N3O2/c1-2-3-9-16-11(12(19)20)17-18(9)8-5-6(13)4-7(14)10(8)15/h4-5H,2-3H2,1H3,(H,19,20). The van der Waals surface area contributed by atoms with Crippen LogP contribution in [0, 0.1) is 17.5 Å². The maximum atomic E-state index is 13.7. The van der Waals surface area contributed by atoms with Gasteiger partial charge >= 0.3 is 5.97 Å². The fourth-order valence-corrected chi connectivity index (χ4v) is 1.71. The van der Waals surface area contributed by atoms with E-state index < -0.39 is 34.9 Å². The van der Waals surface area contributed by atoms with Crippen molar-refractivity contribution in [2.45, 2.75) is 19.8 Å². The maximum Gasteiger partial charge on any atom is 0.375 e. The SMILES string of the molecule is CCCc1nc(C(=O)O)nn1-c1cc(F)cc(F)c1F. The largest absolute Gasteiger partial charge is 0.475 e. The highest BCUT2D eigenvalue weighted by Crippen LogP contribution is 2.20. The number of aromatic nitrogens is 3. The van der Waals surface area contributed by atoms with E-state index in [4.69, 9.17) is 5.11 Å². The number of benzene rings is 1. The van der Waals surface area contributed by atoms with Gasteiger partial charge in [-0.2, -0.15) is 0 Å². The Balaban J connectivity index is 2.64. The van der Waals surface area contributed by atoms with E-state index in [1.165, 1.54) is 0 Å². The van der Waals surface area contributed by atoms with Gasteiger partial charge in [0.1, 0.15) is 17.3 Å². The molecule has 0 spiro atoms. The van der Waals surface area contributed by atoms with Crippen molar-refractivity contribution in [3.8, 4) is 5.69 Å². The van der Waals surface area contributed by atoms with Gasteiger partial charge in [0.25, 0.3) is 5.82 Å². The quantitative estimate of drug-likeness (QED) is 0.875. The third-order valence-electron chi connectivity index (χ3n) is 2.54. The number of nitrogens with zero attached hydrogens (tertiary/aromatic N) is 3. The Hall–Kier alpha value is -2.38. The summed E-state index contributed by atoms with van der Waals surface area (Å²) >= 11 is 0. The average Bonchev–Trinajstić information content (AvgIpc) is 2.78. The van der Waals surface area contributed by atoms with E-state index >= 15 is 0 Å². The Morgan fingerprint density at radius 3 is 2.65 bits per heavy atom. The Morgan fingerprint density at radius 2 is 2.05 bits per heavy atom. The van der Waals surface area contributed by atoms with E-state index in [2.05, 4.69) is 10.1 Å². The Morgan fingerprint density at radius 1 is 1.35 bits per heavy atom. The monoisotopic (exact) mass is 285 g/mol. The fraction of sp³-hybridized carbons (Fsp3) is 0.250. The van der Waals surface area contributed by atoms with Crippen molar-refractivity contribution in [3.05, 3.63) is 41.2 Å². The Labute approximate surface area is 111 Å². The van der Waals surface area contributed by atoms with Gasteiger partial charge in [0.2, 0.25) is 0 Å². The zero-order valence-corrected chi connectivity index (χ0v) is 10.4. The number of rotatable bonds is 4. The third kappa shape index (κ3) is 2.49. The van der Waals surface area contributed by atoms with E-state index in [9.17, 15) is 18.0 Å². The second-order valence-corrected chi connectivity index (χ2v) is 4.04. The molecule has 0 atom stereocenters. The summed E-state index contributed by atoms with van der Waals surface area (Å²) < 4.78 is 40.9. The van der Waals surface area contributed by atoms with Crippen molar-refractivity contribution < 1.29 is 23.1 Å². The van der Waals surface area contributed by atoms with Gasteiger partial charge in [-0.25, -0.2) is 27.6 Å². The van der Waals surface area contributed by atoms with E-state index in [0.29, 0.717) is 12.5 Å². The van der Waals surface area contributed by atoms with E-state index in [-0.39, 0.29) is 12.2 Å². The summed E-state index contributed by atoms with van der Waals surface area (Å²) in [7, 11) is 0. The summed E-state index contributed by atoms with van der Waals surface area (Å²) in [6.45, 7) is 1.79. The highest BCUT2D eigenvalue weighted by atomic mass is 19.2. The number of carboxylic acids is 1. The molecular weight excluding hydrogens is 275 g/mol. The molecule has 1 heterocycles. The zero-order valence-electron chi connectivity index (χ0n) is 10.4. The Kier molecular flexibility index (Phi) is 3.73. The third-order valence-corrected chi connectivity index (χ3v) is 2.54. The molecule has 0 amide bonds. The first kappa shape index (κ1) is 14.0. The van der Waals surface area contributed by atoms with Crippen molar-refractivity contribution >= 4 is 5.97 Å². The van der Waals surface area contributed by atoms with Gasteiger partial charge in [0.05, 0.1) is 0 Å². The van der Waals surface area contributed by atoms with Crippen molar-refractivity contribution in [2.24, 2.45) is 0 Å². The van der Waals surface area contributed by atoms with Crippen LogP contribution in [-0.2, 0) is 6.42 Å². The van der Waals surface area contributed by atoms with Gasteiger partial charge in [-0.05, 0) is 6.42 Å². The van der Waals surface area contributed by atoms with Crippen molar-refractivity contribution in [2.75, 3.05) is 0 Å². The topological polar surface area (TPSA) is 68.0 Å². The normalized spacial score (nSPS) is 10.8. The molecule has 2 rings (SSSR count). The number of carboxylic acid groups (broad SMARTS) is 1. The molecule has 1 aromatic carbocycles. The van der Waals surface area contributed by atoms with Crippen LogP contribution in [0.15, 0.2) is 12.1 Å². The second-order valence-electron chi connectivity index (χ2n) is 4.04. The van der Waals surface area contributed by atoms with Gasteiger partial charge in [-0.1, -0.05) is 6.92 Å². The summed E-state index contributed by atoms with van der Waals surface area (Å²) in [5.74, 6) is -5.53. The van der Waals surface area contributed by atoms with Gasteiger partial charge in [-0.15, -0.1) is 5.10 Å². The van der Waals surface area contributed by atoms with Crippen LogP contribution in [0.1, 0.15) is 29.8 Å². The smallest absolute Gasteiger partial charge is 0.375 e. The van der Waals surface area contributed by atoms with Crippen LogP contribution in [0.4, 0.5) is 13.2 Å². The minimum Gasteiger partial charge on any atom is -0.475 e. The molecule has 0 aliphatic rings. The lowest BCUT2D eigenvalue weighted by Crippen LogP contribution is -2.08. The van der Waals surface area contributed by atoms with Crippen LogP contribution in [0.3, 0.4) is 0 Å². The highest BCUT2D eigenvalue weighted by Gasteiger charge is 2.20. The number of aromatic carboxylic acids is 1. The summed E-state index contributed by atoms with van der Waals surface area (Å²) in [4.78, 5) is 14.6. The molecule has 0 aliphatic heterocycles. The molecular formula is C12H10F3N3O2. The van der Waals surface area contributed by atoms with Crippen LogP contribution < -0.4 is 0 Å². The molecule has 0 aliphatic carbocycles. The van der Waals surface area contributed by atoms with Crippen molar-refractivity contribution in [1.82, 2.24) is 14.8 Å². The van der Waals surface area contributed by atoms with Crippen LogP contribution in [-0.4, -0.2) is 25.8 Å². The van der Waals surface area contributed by atoms with Crippen LogP contribution in [0.5, 0.6) is 0 Å². The first-order valence-corrected chi connectivity index (χ1v) is 5.78. The molecule has 1 N–H and O–H groups in total.